The molecule has 9 aromatic rings. The Balaban J connectivity index is 1.13. The van der Waals surface area contributed by atoms with Crippen LogP contribution in [0.5, 0.6) is 0 Å². The van der Waals surface area contributed by atoms with Gasteiger partial charge in [-0.1, -0.05) is 178 Å². The van der Waals surface area contributed by atoms with Gasteiger partial charge in [0.15, 0.2) is 0 Å². The molecule has 0 bridgehead atoms. The van der Waals surface area contributed by atoms with Gasteiger partial charge in [0.05, 0.1) is 22.5 Å². The average molecular weight is 767 g/mol. The zero-order valence-electron chi connectivity index (χ0n) is 33.7. The summed E-state index contributed by atoms with van der Waals surface area (Å²) in [6, 6.07) is 81.0. The zero-order valence-corrected chi connectivity index (χ0v) is 33.7. The maximum Gasteiger partial charge on any atom is 0.0755 e. The first-order chi connectivity index (χ1) is 29.5. The van der Waals surface area contributed by atoms with Crippen LogP contribution in [0.15, 0.2) is 218 Å². The van der Waals surface area contributed by atoms with E-state index < -0.39 is 5.41 Å². The topological polar surface area (TPSA) is 6.48 Å². The lowest BCUT2D eigenvalue weighted by atomic mass is 9.64. The molecule has 0 saturated carbocycles. The van der Waals surface area contributed by atoms with Crippen LogP contribution in [0.1, 0.15) is 47.2 Å². The molecule has 9 aromatic carbocycles. The second-order valence-corrected chi connectivity index (χ2v) is 16.8. The molecule has 0 radical (unpaired) electrons. The first-order valence-electron chi connectivity index (χ1n) is 21.0. The van der Waals surface area contributed by atoms with Crippen molar-refractivity contribution >= 4 is 34.1 Å². The molecule has 0 amide bonds. The maximum atomic E-state index is 2.51. The molecule has 0 atom stereocenters. The van der Waals surface area contributed by atoms with E-state index in [1.54, 1.807) is 0 Å². The normalized spacial score (nSPS) is 14.4. The van der Waals surface area contributed by atoms with Crippen LogP contribution < -0.4 is 9.80 Å². The van der Waals surface area contributed by atoms with Crippen molar-refractivity contribution in [3.05, 3.63) is 252 Å². The molecule has 2 heteroatoms. The molecule has 1 aliphatic heterocycles. The molecule has 0 fully saturated rings. The second kappa shape index (κ2) is 13.0. The smallest absolute Gasteiger partial charge is 0.0755 e. The molecule has 0 unspecified atom stereocenters. The third kappa shape index (κ3) is 4.76. The van der Waals surface area contributed by atoms with Crippen LogP contribution in [0.3, 0.4) is 0 Å². The monoisotopic (exact) mass is 766 g/mol. The molecule has 0 saturated heterocycles. The van der Waals surface area contributed by atoms with Gasteiger partial charge in [0, 0.05) is 28.0 Å². The number of hydrogen-bond acceptors (Lipinski definition) is 2. The van der Waals surface area contributed by atoms with Gasteiger partial charge in [0.2, 0.25) is 0 Å². The highest BCUT2D eigenvalue weighted by molar-refractivity contribution is 6.01. The van der Waals surface area contributed by atoms with Crippen molar-refractivity contribution < 1.29 is 0 Å². The molecule has 1 heterocycles. The quantitative estimate of drug-likeness (QED) is 0.172. The number of hydrogen-bond donors (Lipinski definition) is 0. The highest BCUT2D eigenvalue weighted by Gasteiger charge is 2.52. The highest BCUT2D eigenvalue weighted by Crippen LogP contribution is 2.65. The molecule has 2 aliphatic carbocycles. The van der Waals surface area contributed by atoms with Gasteiger partial charge in [0.1, 0.15) is 0 Å². The first-order valence-corrected chi connectivity index (χ1v) is 21.0. The van der Waals surface area contributed by atoms with Gasteiger partial charge < -0.3 is 9.80 Å². The summed E-state index contributed by atoms with van der Waals surface area (Å²) in [5.74, 6) is 0. The predicted octanol–water partition coefficient (Wildman–Crippen LogP) is 15.3. The van der Waals surface area contributed by atoms with Crippen LogP contribution in [0.4, 0.5) is 34.1 Å². The predicted molar refractivity (Wildman–Crippen MR) is 250 cm³/mol. The lowest BCUT2D eigenvalue weighted by molar-refractivity contribution is 0.660. The van der Waals surface area contributed by atoms with Crippen molar-refractivity contribution in [3.63, 3.8) is 0 Å². The molecule has 12 rings (SSSR count). The number of benzene rings is 9. The molecule has 0 N–H and O–H groups in total. The van der Waals surface area contributed by atoms with Gasteiger partial charge in [-0.25, -0.2) is 0 Å². The molecule has 3 aliphatic rings. The third-order valence-corrected chi connectivity index (χ3v) is 13.5. The Morgan fingerprint density at radius 3 is 1.58 bits per heavy atom. The molecule has 1 spiro atoms. The lowest BCUT2D eigenvalue weighted by Gasteiger charge is -2.45. The minimum atomic E-state index is -0.551. The SMILES string of the molecule is CC1(C)c2ccccc2-c2ccc(N(c3ccc(-c4ccccc4)cc3)c3cccc4c3-c3ccccc3C43c4ccccc4N(c4ccccc4)c4ccccc43)cc21. The van der Waals surface area contributed by atoms with Crippen LogP contribution >= 0.6 is 0 Å². The summed E-state index contributed by atoms with van der Waals surface area (Å²) in [5.41, 5.74) is 21.8. The minimum absolute atomic E-state index is 0.139. The van der Waals surface area contributed by atoms with Crippen LogP contribution in [0.25, 0.3) is 33.4 Å². The Morgan fingerprint density at radius 1 is 0.367 bits per heavy atom. The molecular weight excluding hydrogens is 725 g/mol. The summed E-state index contributed by atoms with van der Waals surface area (Å²) in [4.78, 5) is 4.96. The Bertz CT molecular complexity index is 3080. The van der Waals surface area contributed by atoms with Gasteiger partial charge in [-0.05, 0) is 116 Å². The largest absolute Gasteiger partial charge is 0.310 e. The van der Waals surface area contributed by atoms with Gasteiger partial charge in [-0.3, -0.25) is 0 Å². The van der Waals surface area contributed by atoms with Crippen molar-refractivity contribution in [2.75, 3.05) is 9.80 Å². The summed E-state index contributed by atoms with van der Waals surface area (Å²) < 4.78 is 0. The summed E-state index contributed by atoms with van der Waals surface area (Å²) in [5, 5.41) is 0. The minimum Gasteiger partial charge on any atom is -0.310 e. The van der Waals surface area contributed by atoms with Gasteiger partial charge in [0.25, 0.3) is 0 Å². The fourth-order valence-electron chi connectivity index (χ4n) is 10.9. The fourth-order valence-corrected chi connectivity index (χ4v) is 10.9. The van der Waals surface area contributed by atoms with E-state index in [1.807, 2.05) is 0 Å². The van der Waals surface area contributed by atoms with Crippen molar-refractivity contribution in [2.45, 2.75) is 24.7 Å². The third-order valence-electron chi connectivity index (χ3n) is 13.5. The summed E-state index contributed by atoms with van der Waals surface area (Å²) >= 11 is 0. The molecular formula is C58H42N2. The van der Waals surface area contributed by atoms with E-state index in [-0.39, 0.29) is 5.41 Å². The number of rotatable bonds is 5. The van der Waals surface area contributed by atoms with E-state index in [9.17, 15) is 0 Å². The summed E-state index contributed by atoms with van der Waals surface area (Å²) in [6.07, 6.45) is 0. The van der Waals surface area contributed by atoms with Crippen LogP contribution in [-0.4, -0.2) is 0 Å². The second-order valence-electron chi connectivity index (χ2n) is 16.8. The lowest BCUT2D eigenvalue weighted by Crippen LogP contribution is -2.36. The van der Waals surface area contributed by atoms with E-state index in [0.29, 0.717) is 0 Å². The molecule has 2 nitrogen and oxygen atoms in total. The Hall–Kier alpha value is -7.42. The van der Waals surface area contributed by atoms with Gasteiger partial charge in [-0.2, -0.15) is 0 Å². The molecule has 60 heavy (non-hydrogen) atoms. The Labute approximate surface area is 352 Å². The van der Waals surface area contributed by atoms with E-state index in [2.05, 4.69) is 242 Å². The standard InChI is InChI=1S/C58H42N2/c1-57(2)47-24-11-9-22-44(47)45-37-36-43(38-52(45)57)59(42-34-32-40(33-35-42)39-18-5-3-6-19-39)55-31-17-28-51-56(55)46-23-10-12-25-48(46)58(51)49-26-13-15-29-53(49)60(41-20-7-4-8-21-41)54-30-16-14-27-50(54)58/h3-38H,1-2H3. The number of para-hydroxylation sites is 3. The highest BCUT2D eigenvalue weighted by atomic mass is 15.2. The number of fused-ring (bicyclic) bond motifs is 12. The maximum absolute atomic E-state index is 2.51. The summed E-state index contributed by atoms with van der Waals surface area (Å²) in [6.45, 7) is 4.74. The van der Waals surface area contributed by atoms with Gasteiger partial charge >= 0.3 is 0 Å². The summed E-state index contributed by atoms with van der Waals surface area (Å²) in [7, 11) is 0. The van der Waals surface area contributed by atoms with Gasteiger partial charge in [-0.15, -0.1) is 0 Å². The Morgan fingerprint density at radius 2 is 0.883 bits per heavy atom. The van der Waals surface area contributed by atoms with E-state index in [4.69, 9.17) is 0 Å². The van der Waals surface area contributed by atoms with Crippen molar-refractivity contribution in [1.29, 1.82) is 0 Å². The fraction of sp³-hybridized carbons (Fsp3) is 0.0690. The van der Waals surface area contributed by atoms with Crippen molar-refractivity contribution in [1.82, 2.24) is 0 Å². The Kier molecular flexibility index (Phi) is 7.52. The van der Waals surface area contributed by atoms with Crippen LogP contribution in [0.2, 0.25) is 0 Å². The molecule has 284 valence electrons. The van der Waals surface area contributed by atoms with E-state index in [0.717, 1.165) is 22.7 Å². The van der Waals surface area contributed by atoms with Crippen LogP contribution in [0, 0.1) is 0 Å². The first kappa shape index (κ1) is 34.6. The van der Waals surface area contributed by atoms with E-state index in [1.165, 1.54) is 78.1 Å². The number of nitrogens with zero attached hydrogens (tertiary/aromatic N) is 2. The van der Waals surface area contributed by atoms with E-state index >= 15 is 0 Å². The molecule has 0 aromatic heterocycles. The zero-order chi connectivity index (χ0) is 40.0. The van der Waals surface area contributed by atoms with Crippen molar-refractivity contribution in [3.8, 4) is 33.4 Å². The van der Waals surface area contributed by atoms with Crippen molar-refractivity contribution in [2.24, 2.45) is 0 Å². The average Bonchev–Trinajstić information content (AvgIpc) is 3.73. The number of anilines is 6. The van der Waals surface area contributed by atoms with Crippen LogP contribution in [-0.2, 0) is 10.8 Å².